The first-order chi connectivity index (χ1) is 13.4. The van der Waals surface area contributed by atoms with Crippen molar-refractivity contribution in [2.24, 2.45) is 0 Å². The number of halogens is 1. The molecule has 0 atom stereocenters. The fourth-order valence-electron chi connectivity index (χ4n) is 3.02. The molecule has 0 aliphatic carbocycles. The van der Waals surface area contributed by atoms with Crippen molar-refractivity contribution in [2.75, 3.05) is 7.11 Å². The first-order valence-corrected chi connectivity index (χ1v) is 10.2. The number of benzene rings is 2. The second-order valence-electron chi connectivity index (χ2n) is 6.06. The van der Waals surface area contributed by atoms with E-state index in [1.165, 1.54) is 15.9 Å². The number of nitrogens with one attached hydrogen (secondary N) is 1. The van der Waals surface area contributed by atoms with Gasteiger partial charge in [-0.3, -0.25) is 9.36 Å². The molecule has 0 radical (unpaired) electrons. The van der Waals surface area contributed by atoms with Gasteiger partial charge in [-0.25, -0.2) is 4.57 Å². The largest absolute Gasteiger partial charge is 0.495 e. The van der Waals surface area contributed by atoms with Crippen molar-refractivity contribution in [3.05, 3.63) is 72.1 Å². The number of methoxy groups -OCH3 is 1. The highest BCUT2D eigenvalue weighted by Gasteiger charge is 2.17. The summed E-state index contributed by atoms with van der Waals surface area (Å²) in [5.41, 5.74) is 2.63. The Bertz CT molecular complexity index is 1400. The lowest BCUT2D eigenvalue weighted by molar-refractivity contribution is 0.412. The third-order valence-electron chi connectivity index (χ3n) is 4.36. The van der Waals surface area contributed by atoms with E-state index in [1.54, 1.807) is 19.2 Å². The number of rotatable bonds is 3. The van der Waals surface area contributed by atoms with Crippen molar-refractivity contribution < 1.29 is 4.74 Å². The van der Waals surface area contributed by atoms with E-state index in [4.69, 9.17) is 40.8 Å². The molecule has 4 rings (SSSR count). The first-order valence-electron chi connectivity index (χ1n) is 8.23. The highest BCUT2D eigenvalue weighted by Crippen LogP contribution is 2.27. The Morgan fingerprint density at radius 1 is 1.14 bits per heavy atom. The minimum Gasteiger partial charge on any atom is -0.495 e. The number of para-hydroxylation sites is 2. The Balaban J connectivity index is 2.05. The summed E-state index contributed by atoms with van der Waals surface area (Å²) >= 11 is 18.4. The molecule has 0 amide bonds. The van der Waals surface area contributed by atoms with E-state index in [1.807, 2.05) is 41.8 Å². The first kappa shape index (κ1) is 19.1. The Labute approximate surface area is 179 Å². The molecule has 9 heteroatoms. The summed E-state index contributed by atoms with van der Waals surface area (Å²) in [6, 6.07) is 12.8. The van der Waals surface area contributed by atoms with Crippen LogP contribution in [0.1, 0.15) is 5.56 Å². The lowest BCUT2D eigenvalue weighted by Crippen LogP contribution is -2.20. The van der Waals surface area contributed by atoms with E-state index < -0.39 is 0 Å². The second kappa shape index (κ2) is 7.29. The third-order valence-corrected chi connectivity index (χ3v) is 6.43. The van der Waals surface area contributed by atoms with E-state index >= 15 is 0 Å². The number of ether oxygens (including phenoxy) is 1. The normalized spacial score (nSPS) is 11.1. The second-order valence-corrected chi connectivity index (χ2v) is 8.50. The van der Waals surface area contributed by atoms with Crippen LogP contribution in [-0.2, 0) is 0 Å². The Hall–Kier alpha value is -2.26. The number of aryl methyl sites for hydroxylation is 1. The number of aromatic amines is 1. The summed E-state index contributed by atoms with van der Waals surface area (Å²) in [5, 5.41) is 0.668. The van der Waals surface area contributed by atoms with Crippen LogP contribution in [0.5, 0.6) is 5.75 Å². The molecule has 0 spiro atoms. The highest BCUT2D eigenvalue weighted by atomic mass is 35.5. The van der Waals surface area contributed by atoms with E-state index in [2.05, 4.69) is 4.98 Å². The smallest absolute Gasteiger partial charge is 0.278 e. The predicted octanol–water partition coefficient (Wildman–Crippen LogP) is 5.60. The van der Waals surface area contributed by atoms with E-state index in [9.17, 15) is 4.79 Å². The fourth-order valence-corrected chi connectivity index (χ4v) is 4.74. The summed E-state index contributed by atoms with van der Waals surface area (Å²) < 4.78 is 9.91. The minimum absolute atomic E-state index is 0.246. The zero-order chi connectivity index (χ0) is 20.0. The van der Waals surface area contributed by atoms with Crippen molar-refractivity contribution in [3.63, 3.8) is 0 Å². The Morgan fingerprint density at radius 3 is 2.61 bits per heavy atom. The van der Waals surface area contributed by atoms with Crippen molar-refractivity contribution in [3.8, 4) is 17.1 Å². The zero-order valence-corrected chi connectivity index (χ0v) is 18.1. The summed E-state index contributed by atoms with van der Waals surface area (Å²) in [6.07, 6.45) is 0. The Morgan fingerprint density at radius 2 is 1.89 bits per heavy atom. The van der Waals surface area contributed by atoms with Crippen LogP contribution in [0.4, 0.5) is 0 Å². The molecule has 28 heavy (non-hydrogen) atoms. The van der Waals surface area contributed by atoms with Crippen LogP contribution in [0, 0.1) is 15.6 Å². The number of hydrogen-bond donors (Lipinski definition) is 1. The SMILES string of the molecule is COc1ccccc1-n1c(=S)[nH]c2c(sc(=S)n2-c2ccc(Cl)c(C)c2)c1=O. The number of H-pyrrole nitrogens is 1. The molecular formula is C19H14ClN3O2S3. The van der Waals surface area contributed by atoms with E-state index in [0.29, 0.717) is 30.8 Å². The highest BCUT2D eigenvalue weighted by molar-refractivity contribution is 7.73. The molecule has 1 N–H and O–H groups in total. The molecule has 0 bridgehead atoms. The number of thiazole rings is 1. The monoisotopic (exact) mass is 447 g/mol. The number of hydrogen-bond acceptors (Lipinski definition) is 5. The molecule has 142 valence electrons. The van der Waals surface area contributed by atoms with Gasteiger partial charge >= 0.3 is 0 Å². The van der Waals surface area contributed by atoms with Gasteiger partial charge < -0.3 is 9.72 Å². The van der Waals surface area contributed by atoms with Crippen molar-refractivity contribution >= 4 is 57.7 Å². The van der Waals surface area contributed by atoms with Crippen LogP contribution in [0.15, 0.2) is 47.3 Å². The number of fused-ring (bicyclic) bond motifs is 1. The van der Waals surface area contributed by atoms with Gasteiger partial charge in [-0.1, -0.05) is 35.1 Å². The summed E-state index contributed by atoms with van der Waals surface area (Å²) in [4.78, 5) is 16.5. The fraction of sp³-hybridized carbons (Fsp3) is 0.105. The zero-order valence-electron chi connectivity index (χ0n) is 14.9. The lowest BCUT2D eigenvalue weighted by Gasteiger charge is -2.12. The van der Waals surface area contributed by atoms with Gasteiger partial charge in [0.05, 0.1) is 12.8 Å². The molecule has 0 saturated carbocycles. The maximum absolute atomic E-state index is 13.3. The number of aromatic nitrogens is 3. The van der Waals surface area contributed by atoms with E-state index in [0.717, 1.165) is 11.3 Å². The quantitative estimate of drug-likeness (QED) is 0.415. The van der Waals surface area contributed by atoms with Crippen molar-refractivity contribution in [1.82, 2.24) is 14.1 Å². The van der Waals surface area contributed by atoms with Crippen molar-refractivity contribution in [1.29, 1.82) is 0 Å². The molecule has 0 fully saturated rings. The van der Waals surface area contributed by atoms with Crippen molar-refractivity contribution in [2.45, 2.75) is 6.92 Å². The number of nitrogens with zero attached hydrogens (tertiary/aromatic N) is 2. The van der Waals surface area contributed by atoms with Crippen LogP contribution in [0.25, 0.3) is 21.7 Å². The van der Waals surface area contributed by atoms with Gasteiger partial charge in [0.1, 0.15) is 16.1 Å². The van der Waals surface area contributed by atoms with Gasteiger partial charge in [0.15, 0.2) is 8.73 Å². The average molecular weight is 448 g/mol. The van der Waals surface area contributed by atoms with Crippen LogP contribution < -0.4 is 10.3 Å². The molecule has 2 heterocycles. The standard InChI is InChI=1S/C19H14ClN3O2S3/c1-10-9-11(7-8-12(10)20)22-16-15(28-19(22)27)17(24)23(18(26)21-16)13-5-3-4-6-14(13)25-2/h3-9H,1-2H3,(H,21,26). The molecule has 0 saturated heterocycles. The molecule has 2 aromatic carbocycles. The molecule has 4 aromatic rings. The average Bonchev–Trinajstić information content (AvgIpc) is 3.00. The topological polar surface area (TPSA) is 51.9 Å². The molecule has 0 unspecified atom stereocenters. The van der Waals surface area contributed by atoms with Crippen LogP contribution >= 0.6 is 47.4 Å². The molecule has 5 nitrogen and oxygen atoms in total. The molecule has 0 aliphatic heterocycles. The van der Waals surface area contributed by atoms with Gasteiger partial charge in [0.25, 0.3) is 5.56 Å². The summed E-state index contributed by atoms with van der Waals surface area (Å²) in [7, 11) is 1.55. The summed E-state index contributed by atoms with van der Waals surface area (Å²) in [6.45, 7) is 1.92. The minimum atomic E-state index is -0.246. The maximum Gasteiger partial charge on any atom is 0.278 e. The van der Waals surface area contributed by atoms with Crippen LogP contribution in [0.3, 0.4) is 0 Å². The van der Waals surface area contributed by atoms with Gasteiger partial charge in [-0.05, 0) is 67.3 Å². The third kappa shape index (κ3) is 3.02. The molecule has 0 aliphatic rings. The van der Waals surface area contributed by atoms with Gasteiger partial charge in [-0.2, -0.15) is 0 Å². The predicted molar refractivity (Wildman–Crippen MR) is 119 cm³/mol. The molecule has 2 aromatic heterocycles. The maximum atomic E-state index is 13.3. The van der Waals surface area contributed by atoms with Gasteiger partial charge in [-0.15, -0.1) is 0 Å². The Kier molecular flexibility index (Phi) is 4.96. The van der Waals surface area contributed by atoms with E-state index in [-0.39, 0.29) is 10.3 Å². The van der Waals surface area contributed by atoms with Gasteiger partial charge in [0.2, 0.25) is 0 Å². The van der Waals surface area contributed by atoms with Crippen LogP contribution in [0.2, 0.25) is 5.02 Å². The van der Waals surface area contributed by atoms with Gasteiger partial charge in [0, 0.05) is 10.7 Å². The lowest BCUT2D eigenvalue weighted by atomic mass is 10.2. The summed E-state index contributed by atoms with van der Waals surface area (Å²) in [5.74, 6) is 0.555. The van der Waals surface area contributed by atoms with Crippen LogP contribution in [-0.4, -0.2) is 21.2 Å². The molecular weight excluding hydrogens is 434 g/mol.